The van der Waals surface area contributed by atoms with Gasteiger partial charge < -0.3 is 4.74 Å². The zero-order chi connectivity index (χ0) is 17.9. The van der Waals surface area contributed by atoms with Crippen LogP contribution < -0.4 is 9.46 Å². The summed E-state index contributed by atoms with van der Waals surface area (Å²) in [4.78, 5) is 8.25. The van der Waals surface area contributed by atoms with Crippen molar-refractivity contribution in [2.24, 2.45) is 0 Å². The first-order valence-corrected chi connectivity index (χ1v) is 9.63. The molecule has 25 heavy (non-hydrogen) atoms. The number of anilines is 1. The second kappa shape index (κ2) is 7.30. The van der Waals surface area contributed by atoms with Gasteiger partial charge in [-0.3, -0.25) is 4.72 Å². The van der Waals surface area contributed by atoms with Gasteiger partial charge in [-0.2, -0.15) is 10.2 Å². The SMILES string of the molecule is Cc1cnc(NS(=O)(=O)c2ccc(Cl)s2)c(OCc2cccnn2)n1. The molecule has 0 atom stereocenters. The summed E-state index contributed by atoms with van der Waals surface area (Å²) < 4.78 is 33.2. The first-order chi connectivity index (χ1) is 11.9. The normalized spacial score (nSPS) is 11.3. The van der Waals surface area contributed by atoms with Gasteiger partial charge in [-0.05, 0) is 31.2 Å². The molecule has 0 aliphatic carbocycles. The van der Waals surface area contributed by atoms with Crippen LogP contribution in [0, 0.1) is 6.92 Å². The molecule has 11 heteroatoms. The number of halogens is 1. The maximum atomic E-state index is 12.4. The third-order valence-corrected chi connectivity index (χ3v) is 5.95. The highest BCUT2D eigenvalue weighted by molar-refractivity contribution is 7.94. The van der Waals surface area contributed by atoms with E-state index in [1.165, 1.54) is 18.3 Å². The quantitative estimate of drug-likeness (QED) is 0.681. The van der Waals surface area contributed by atoms with E-state index in [-0.39, 0.29) is 22.5 Å². The van der Waals surface area contributed by atoms with Crippen molar-refractivity contribution in [2.45, 2.75) is 17.7 Å². The standard InChI is InChI=1S/C14H12ClN5O3S2/c1-9-7-16-13(20-25(21,22)12-5-4-11(15)24-12)14(18-9)23-8-10-3-2-6-17-19-10/h2-7H,8H2,1H3,(H,16,20). The third kappa shape index (κ3) is 4.41. The second-order valence-electron chi connectivity index (χ2n) is 4.83. The van der Waals surface area contributed by atoms with Crippen molar-refractivity contribution in [2.75, 3.05) is 4.72 Å². The molecule has 0 spiro atoms. The number of rotatable bonds is 6. The number of hydrogen-bond donors (Lipinski definition) is 1. The fraction of sp³-hybridized carbons (Fsp3) is 0.143. The Balaban J connectivity index is 1.84. The van der Waals surface area contributed by atoms with Gasteiger partial charge in [0.05, 0.1) is 16.2 Å². The maximum Gasteiger partial charge on any atom is 0.272 e. The Morgan fingerprint density at radius 1 is 1.32 bits per heavy atom. The average molecular weight is 398 g/mol. The van der Waals surface area contributed by atoms with Gasteiger partial charge in [-0.25, -0.2) is 18.4 Å². The van der Waals surface area contributed by atoms with Crippen molar-refractivity contribution in [1.82, 2.24) is 20.2 Å². The zero-order valence-corrected chi connectivity index (χ0v) is 15.3. The maximum absolute atomic E-state index is 12.4. The molecule has 8 nitrogen and oxygen atoms in total. The van der Waals surface area contributed by atoms with E-state index in [0.717, 1.165) is 11.3 Å². The summed E-state index contributed by atoms with van der Waals surface area (Å²) in [5.74, 6) is 0.0379. The minimum absolute atomic E-state index is 0.0148. The smallest absolute Gasteiger partial charge is 0.272 e. The number of aryl methyl sites for hydroxylation is 1. The van der Waals surface area contributed by atoms with Crippen LogP contribution in [0.1, 0.15) is 11.4 Å². The van der Waals surface area contributed by atoms with Crippen LogP contribution in [0.25, 0.3) is 0 Å². The molecule has 1 N–H and O–H groups in total. The van der Waals surface area contributed by atoms with Gasteiger partial charge in [0, 0.05) is 6.20 Å². The van der Waals surface area contributed by atoms with E-state index in [0.29, 0.717) is 15.7 Å². The molecule has 3 heterocycles. The molecule has 0 amide bonds. The monoisotopic (exact) mass is 397 g/mol. The fourth-order valence-electron chi connectivity index (χ4n) is 1.80. The summed E-state index contributed by atoms with van der Waals surface area (Å²) in [5, 5.41) is 7.65. The zero-order valence-electron chi connectivity index (χ0n) is 12.9. The largest absolute Gasteiger partial charge is 0.468 e. The lowest BCUT2D eigenvalue weighted by atomic mass is 10.4. The fourth-order valence-corrected chi connectivity index (χ4v) is 4.29. The summed E-state index contributed by atoms with van der Waals surface area (Å²) >= 11 is 6.74. The van der Waals surface area contributed by atoms with Gasteiger partial charge in [0.1, 0.15) is 16.5 Å². The van der Waals surface area contributed by atoms with E-state index in [1.807, 2.05) is 0 Å². The molecule has 3 rings (SSSR count). The molecule has 0 saturated heterocycles. The van der Waals surface area contributed by atoms with E-state index < -0.39 is 10.0 Å². The first-order valence-electron chi connectivity index (χ1n) is 6.95. The molecule has 0 aliphatic rings. The number of aromatic nitrogens is 4. The van der Waals surface area contributed by atoms with Crippen molar-refractivity contribution in [3.05, 3.63) is 52.4 Å². The Morgan fingerprint density at radius 3 is 2.84 bits per heavy atom. The van der Waals surface area contributed by atoms with Crippen LogP contribution in [-0.4, -0.2) is 28.6 Å². The molecule has 0 radical (unpaired) electrons. The number of ether oxygens (including phenoxy) is 1. The molecule has 0 aromatic carbocycles. The number of hydrogen-bond acceptors (Lipinski definition) is 8. The summed E-state index contributed by atoms with van der Waals surface area (Å²) in [6.45, 7) is 1.80. The van der Waals surface area contributed by atoms with Crippen LogP contribution in [0.3, 0.4) is 0 Å². The van der Waals surface area contributed by atoms with Gasteiger partial charge in [0.2, 0.25) is 5.82 Å². The molecule has 0 saturated carbocycles. The predicted molar refractivity (Wildman–Crippen MR) is 93.3 cm³/mol. The summed E-state index contributed by atoms with van der Waals surface area (Å²) in [6.07, 6.45) is 2.98. The number of sulfonamides is 1. The lowest BCUT2D eigenvalue weighted by Gasteiger charge is -2.11. The number of thiophene rings is 1. The van der Waals surface area contributed by atoms with Crippen LogP contribution in [0.2, 0.25) is 4.34 Å². The molecule has 0 unspecified atom stereocenters. The van der Waals surface area contributed by atoms with E-state index in [9.17, 15) is 8.42 Å². The van der Waals surface area contributed by atoms with Gasteiger partial charge in [-0.15, -0.1) is 11.3 Å². The van der Waals surface area contributed by atoms with Crippen LogP contribution in [0.5, 0.6) is 5.88 Å². The summed E-state index contributed by atoms with van der Waals surface area (Å²) in [5.41, 5.74) is 1.15. The van der Waals surface area contributed by atoms with Crippen LogP contribution >= 0.6 is 22.9 Å². The number of nitrogens with one attached hydrogen (secondary N) is 1. The van der Waals surface area contributed by atoms with E-state index in [4.69, 9.17) is 16.3 Å². The highest BCUT2D eigenvalue weighted by Crippen LogP contribution is 2.29. The summed E-state index contributed by atoms with van der Waals surface area (Å²) in [6, 6.07) is 6.37. The molecular formula is C14H12ClN5O3S2. The Bertz CT molecular complexity index is 979. The lowest BCUT2D eigenvalue weighted by Crippen LogP contribution is -2.15. The molecule has 0 bridgehead atoms. The topological polar surface area (TPSA) is 107 Å². The van der Waals surface area contributed by atoms with Gasteiger partial charge in [-0.1, -0.05) is 11.6 Å². The molecule has 3 aromatic rings. The molecule has 130 valence electrons. The van der Waals surface area contributed by atoms with Crippen LogP contribution in [0.15, 0.2) is 40.9 Å². The molecule has 0 aliphatic heterocycles. The molecule has 3 aromatic heterocycles. The molecular weight excluding hydrogens is 386 g/mol. The van der Waals surface area contributed by atoms with Crippen molar-refractivity contribution in [1.29, 1.82) is 0 Å². The minimum Gasteiger partial charge on any atom is -0.468 e. The summed E-state index contributed by atoms with van der Waals surface area (Å²) in [7, 11) is -3.84. The van der Waals surface area contributed by atoms with Crippen molar-refractivity contribution >= 4 is 38.8 Å². The second-order valence-corrected chi connectivity index (χ2v) is 8.46. The first kappa shape index (κ1) is 17.5. The van der Waals surface area contributed by atoms with Gasteiger partial charge in [0.15, 0.2) is 0 Å². The van der Waals surface area contributed by atoms with E-state index >= 15 is 0 Å². The van der Waals surface area contributed by atoms with Crippen molar-refractivity contribution in [3.63, 3.8) is 0 Å². The third-order valence-electron chi connectivity index (χ3n) is 2.89. The Hall–Kier alpha value is -2.30. The highest BCUT2D eigenvalue weighted by Gasteiger charge is 2.20. The predicted octanol–water partition coefficient (Wildman–Crippen LogP) is 2.67. The average Bonchev–Trinajstić information content (AvgIpc) is 3.03. The minimum atomic E-state index is -3.84. The van der Waals surface area contributed by atoms with Crippen LogP contribution in [-0.2, 0) is 16.6 Å². The van der Waals surface area contributed by atoms with E-state index in [1.54, 1.807) is 25.3 Å². The molecule has 0 fully saturated rings. The van der Waals surface area contributed by atoms with Crippen molar-refractivity contribution in [3.8, 4) is 5.88 Å². The van der Waals surface area contributed by atoms with Gasteiger partial charge >= 0.3 is 0 Å². The van der Waals surface area contributed by atoms with Crippen molar-refractivity contribution < 1.29 is 13.2 Å². The van der Waals surface area contributed by atoms with E-state index in [2.05, 4.69) is 24.9 Å². The number of nitrogens with zero attached hydrogens (tertiary/aromatic N) is 4. The highest BCUT2D eigenvalue weighted by atomic mass is 35.5. The van der Waals surface area contributed by atoms with Gasteiger partial charge in [0.25, 0.3) is 15.9 Å². The Morgan fingerprint density at radius 2 is 2.16 bits per heavy atom. The van der Waals surface area contributed by atoms with Crippen LogP contribution in [0.4, 0.5) is 5.82 Å². The Kier molecular flexibility index (Phi) is 5.11. The Labute approximate surface area is 152 Å². The lowest BCUT2D eigenvalue weighted by molar-refractivity contribution is 0.288.